The molecule has 1 fully saturated rings. The van der Waals surface area contributed by atoms with Gasteiger partial charge in [-0.25, -0.2) is 21.6 Å². The highest BCUT2D eigenvalue weighted by molar-refractivity contribution is 8.00. The summed E-state index contributed by atoms with van der Waals surface area (Å²) in [6.45, 7) is 1.32. The minimum absolute atomic E-state index is 0.0678. The monoisotopic (exact) mass is 472 g/mol. The van der Waals surface area contributed by atoms with Crippen LogP contribution in [0.5, 0.6) is 0 Å². The molecule has 166 valence electrons. The molecule has 0 saturated carbocycles. The van der Waals surface area contributed by atoms with Crippen LogP contribution in [0.3, 0.4) is 0 Å². The maximum Gasteiger partial charge on any atom is 0.246 e. The van der Waals surface area contributed by atoms with Gasteiger partial charge in [-0.1, -0.05) is 6.07 Å². The average Bonchev–Trinajstić information content (AvgIpc) is 2.74. The Hall–Kier alpha value is -2.37. The topological polar surface area (TPSA) is 74.8 Å². The van der Waals surface area contributed by atoms with Gasteiger partial charge in [-0.3, -0.25) is 9.59 Å². The second kappa shape index (κ2) is 9.41. The van der Waals surface area contributed by atoms with E-state index in [0.29, 0.717) is 6.07 Å². The maximum absolute atomic E-state index is 14.1. The van der Waals surface area contributed by atoms with E-state index in [-0.39, 0.29) is 54.1 Å². The Balaban J connectivity index is 1.59. The molecule has 1 aliphatic rings. The summed E-state index contributed by atoms with van der Waals surface area (Å²) in [5.74, 6) is -3.16. The summed E-state index contributed by atoms with van der Waals surface area (Å²) >= 11 is 0.975. The van der Waals surface area contributed by atoms with E-state index in [9.17, 15) is 31.2 Å². The number of Topliss-reactive ketones (excluding diaryl/α,β-unsaturated/α-hetero) is 1. The molecule has 1 amide bonds. The highest BCUT2D eigenvalue weighted by atomic mass is 32.2. The summed E-state index contributed by atoms with van der Waals surface area (Å²) in [6.07, 6.45) is 0. The second-order valence-corrected chi connectivity index (χ2v) is 9.77. The summed E-state index contributed by atoms with van der Waals surface area (Å²) in [6, 6.07) is 6.24. The smallest absolute Gasteiger partial charge is 0.246 e. The van der Waals surface area contributed by atoms with Crippen LogP contribution in [0.4, 0.5) is 13.2 Å². The van der Waals surface area contributed by atoms with Crippen molar-refractivity contribution in [2.75, 3.05) is 31.9 Å². The van der Waals surface area contributed by atoms with Crippen LogP contribution in [-0.4, -0.2) is 61.2 Å². The van der Waals surface area contributed by atoms with E-state index in [0.717, 1.165) is 34.3 Å². The number of thioether (sulfide) groups is 1. The fourth-order valence-corrected chi connectivity index (χ4v) is 5.38. The van der Waals surface area contributed by atoms with Gasteiger partial charge < -0.3 is 4.90 Å². The van der Waals surface area contributed by atoms with Crippen LogP contribution in [0.15, 0.2) is 46.2 Å². The van der Waals surface area contributed by atoms with Crippen LogP contribution < -0.4 is 0 Å². The van der Waals surface area contributed by atoms with Crippen molar-refractivity contribution >= 4 is 33.5 Å². The van der Waals surface area contributed by atoms with Crippen LogP contribution >= 0.6 is 11.8 Å². The van der Waals surface area contributed by atoms with E-state index in [4.69, 9.17) is 0 Å². The lowest BCUT2D eigenvalue weighted by molar-refractivity contribution is -0.129. The van der Waals surface area contributed by atoms with Gasteiger partial charge in [0.25, 0.3) is 0 Å². The van der Waals surface area contributed by atoms with Gasteiger partial charge in [0.2, 0.25) is 15.9 Å². The first-order valence-corrected chi connectivity index (χ1v) is 11.7. The second-order valence-electron chi connectivity index (χ2n) is 6.85. The van der Waals surface area contributed by atoms with E-state index in [1.54, 1.807) is 0 Å². The fourth-order valence-electron chi connectivity index (χ4n) is 3.06. The number of hydrogen-bond acceptors (Lipinski definition) is 5. The Morgan fingerprint density at radius 2 is 1.65 bits per heavy atom. The van der Waals surface area contributed by atoms with Gasteiger partial charge in [-0.05, 0) is 37.3 Å². The standard InChI is InChI=1S/C20H19F3N2O4S2/c1-13(26)14-2-5-18(17(23)10-14)30-12-20(27)24-6-8-25(9-7-24)31(28,29)19-11-15(21)3-4-16(19)22/h2-5,10-11H,6-9,12H2,1H3. The Morgan fingerprint density at radius 1 is 0.968 bits per heavy atom. The third kappa shape index (κ3) is 5.28. The Bertz CT molecular complexity index is 1120. The number of hydrogen-bond donors (Lipinski definition) is 0. The van der Waals surface area contributed by atoms with E-state index < -0.39 is 32.4 Å². The Labute approximate surface area is 182 Å². The van der Waals surface area contributed by atoms with Crippen LogP contribution in [0, 0.1) is 17.5 Å². The van der Waals surface area contributed by atoms with Crippen molar-refractivity contribution in [2.45, 2.75) is 16.7 Å². The van der Waals surface area contributed by atoms with Crippen LogP contribution in [0.2, 0.25) is 0 Å². The number of carbonyl (C=O) groups excluding carboxylic acids is 2. The molecule has 1 aliphatic heterocycles. The van der Waals surface area contributed by atoms with Crippen molar-refractivity contribution in [2.24, 2.45) is 0 Å². The maximum atomic E-state index is 14.1. The van der Waals surface area contributed by atoms with Gasteiger partial charge in [0.05, 0.1) is 5.75 Å². The lowest BCUT2D eigenvalue weighted by Crippen LogP contribution is -2.51. The zero-order valence-electron chi connectivity index (χ0n) is 16.5. The number of rotatable bonds is 6. The third-order valence-electron chi connectivity index (χ3n) is 4.79. The molecule has 3 rings (SSSR count). The van der Waals surface area contributed by atoms with Gasteiger partial charge in [-0.2, -0.15) is 4.31 Å². The van der Waals surface area contributed by atoms with Crippen molar-refractivity contribution in [1.29, 1.82) is 0 Å². The summed E-state index contributed by atoms with van der Waals surface area (Å²) in [4.78, 5) is 24.6. The molecule has 2 aromatic rings. The van der Waals surface area contributed by atoms with Gasteiger partial charge in [-0.15, -0.1) is 11.8 Å². The molecule has 0 bridgehead atoms. The first-order valence-electron chi connectivity index (χ1n) is 9.26. The summed E-state index contributed by atoms with van der Waals surface area (Å²) in [7, 11) is -4.24. The molecule has 0 aromatic heterocycles. The lowest BCUT2D eigenvalue weighted by atomic mass is 10.1. The molecule has 0 N–H and O–H groups in total. The third-order valence-corrected chi connectivity index (χ3v) is 7.74. The molecule has 0 aliphatic carbocycles. The largest absolute Gasteiger partial charge is 0.339 e. The highest BCUT2D eigenvalue weighted by Crippen LogP contribution is 2.25. The van der Waals surface area contributed by atoms with Crippen LogP contribution in [0.1, 0.15) is 17.3 Å². The van der Waals surface area contributed by atoms with Crippen molar-refractivity contribution in [3.05, 3.63) is 59.4 Å². The Morgan fingerprint density at radius 3 is 2.26 bits per heavy atom. The molecule has 11 heteroatoms. The van der Waals surface area contributed by atoms with Crippen LogP contribution in [0.25, 0.3) is 0 Å². The van der Waals surface area contributed by atoms with Crippen LogP contribution in [-0.2, 0) is 14.8 Å². The summed E-state index contributed by atoms with van der Waals surface area (Å²) in [5, 5.41) is 0. The molecule has 6 nitrogen and oxygen atoms in total. The first kappa shape index (κ1) is 23.3. The lowest BCUT2D eigenvalue weighted by Gasteiger charge is -2.34. The SMILES string of the molecule is CC(=O)c1ccc(SCC(=O)N2CCN(S(=O)(=O)c3cc(F)ccc3F)CC2)c(F)c1. The highest BCUT2D eigenvalue weighted by Gasteiger charge is 2.32. The number of amides is 1. The first-order chi connectivity index (χ1) is 14.6. The summed E-state index contributed by atoms with van der Waals surface area (Å²) < 4.78 is 67.6. The zero-order chi connectivity index (χ0) is 22.8. The molecule has 0 atom stereocenters. The number of carbonyl (C=O) groups is 2. The van der Waals surface area contributed by atoms with Gasteiger partial charge >= 0.3 is 0 Å². The van der Waals surface area contributed by atoms with Crippen molar-refractivity contribution in [1.82, 2.24) is 9.21 Å². The number of ketones is 1. The summed E-state index contributed by atoms with van der Waals surface area (Å²) in [5.41, 5.74) is 0.236. The van der Waals surface area contributed by atoms with Crippen molar-refractivity contribution in [3.63, 3.8) is 0 Å². The average molecular weight is 473 g/mol. The predicted octanol–water partition coefficient (Wildman–Crippen LogP) is 2.93. The molecule has 31 heavy (non-hydrogen) atoms. The Kier molecular flexibility index (Phi) is 7.07. The molecular formula is C20H19F3N2O4S2. The number of nitrogens with zero attached hydrogens (tertiary/aromatic N) is 2. The normalized spacial score (nSPS) is 15.2. The van der Waals surface area contributed by atoms with E-state index in [1.165, 1.54) is 24.0 Å². The van der Waals surface area contributed by atoms with Crippen molar-refractivity contribution in [3.8, 4) is 0 Å². The van der Waals surface area contributed by atoms with E-state index in [2.05, 4.69) is 0 Å². The number of piperazine rings is 1. The molecule has 1 heterocycles. The molecule has 0 unspecified atom stereocenters. The fraction of sp³-hybridized carbons (Fsp3) is 0.300. The zero-order valence-corrected chi connectivity index (χ0v) is 18.1. The molecule has 1 saturated heterocycles. The number of sulfonamides is 1. The van der Waals surface area contributed by atoms with Crippen molar-refractivity contribution < 1.29 is 31.2 Å². The van der Waals surface area contributed by atoms with Gasteiger partial charge in [0, 0.05) is 36.6 Å². The predicted molar refractivity (Wildman–Crippen MR) is 109 cm³/mol. The minimum atomic E-state index is -4.24. The molecular weight excluding hydrogens is 453 g/mol. The molecule has 0 spiro atoms. The van der Waals surface area contributed by atoms with Gasteiger partial charge in [0.1, 0.15) is 22.3 Å². The van der Waals surface area contributed by atoms with Gasteiger partial charge in [0.15, 0.2) is 5.78 Å². The van der Waals surface area contributed by atoms with E-state index >= 15 is 0 Å². The molecule has 2 aromatic carbocycles. The minimum Gasteiger partial charge on any atom is -0.339 e. The van der Waals surface area contributed by atoms with E-state index in [1.807, 2.05) is 0 Å². The number of benzene rings is 2. The quantitative estimate of drug-likeness (QED) is 0.478. The number of halogens is 3. The molecule has 0 radical (unpaired) electrons.